The smallest absolute Gasteiger partial charge is 0.330 e. The van der Waals surface area contributed by atoms with Crippen LogP contribution in [0.2, 0.25) is 0 Å². The number of carbonyl (C=O) groups excluding carboxylic acids is 1. The number of aromatic nitrogens is 7. The molecule has 0 aliphatic carbocycles. The van der Waals surface area contributed by atoms with E-state index < -0.39 is 12.1 Å². The van der Waals surface area contributed by atoms with Crippen LogP contribution in [0, 0.1) is 0 Å². The van der Waals surface area contributed by atoms with E-state index in [1.54, 1.807) is 16.9 Å². The molecule has 2 aliphatic heterocycles. The molecular formula is C28H26F3N9O. The Morgan fingerprint density at radius 2 is 1.85 bits per heavy atom. The van der Waals surface area contributed by atoms with E-state index in [1.807, 2.05) is 30.5 Å². The Hall–Kier alpha value is -4.52. The maximum atomic E-state index is 13.0. The number of halogens is 3. The number of aromatic amines is 1. The molecule has 0 spiro atoms. The van der Waals surface area contributed by atoms with E-state index in [2.05, 4.69) is 47.9 Å². The van der Waals surface area contributed by atoms with Gasteiger partial charge in [0.05, 0.1) is 29.6 Å². The van der Waals surface area contributed by atoms with Gasteiger partial charge in [0.2, 0.25) is 0 Å². The van der Waals surface area contributed by atoms with Gasteiger partial charge in [0.1, 0.15) is 11.4 Å². The maximum absolute atomic E-state index is 13.0. The molecule has 2 aromatic carbocycles. The summed E-state index contributed by atoms with van der Waals surface area (Å²) in [6.45, 7) is 1.91. The monoisotopic (exact) mass is 561 g/mol. The van der Waals surface area contributed by atoms with E-state index in [0.717, 1.165) is 58.4 Å². The minimum Gasteiger partial charge on any atom is -0.330 e. The zero-order valence-electron chi connectivity index (χ0n) is 21.9. The number of carbonyl (C=O) groups is 1. The molecular weight excluding hydrogens is 535 g/mol. The lowest BCUT2D eigenvalue weighted by Gasteiger charge is -2.29. The second-order valence-electron chi connectivity index (χ2n) is 10.5. The quantitative estimate of drug-likeness (QED) is 0.343. The molecule has 1 fully saturated rings. The van der Waals surface area contributed by atoms with Crippen molar-refractivity contribution in [2.24, 2.45) is 0 Å². The largest absolute Gasteiger partial charge is 0.471 e. The van der Waals surface area contributed by atoms with Gasteiger partial charge in [0, 0.05) is 30.2 Å². The summed E-state index contributed by atoms with van der Waals surface area (Å²) in [5.74, 6) is -1.82. The summed E-state index contributed by atoms with van der Waals surface area (Å²) in [5.41, 5.74) is 6.28. The molecule has 2 aliphatic rings. The molecule has 3 aromatic heterocycles. The third-order valence-corrected chi connectivity index (χ3v) is 7.91. The Kier molecular flexibility index (Phi) is 6.11. The van der Waals surface area contributed by atoms with Crippen LogP contribution in [0.25, 0.3) is 39.1 Å². The van der Waals surface area contributed by atoms with E-state index in [4.69, 9.17) is 0 Å². The first-order valence-electron chi connectivity index (χ1n) is 13.5. The Morgan fingerprint density at radius 1 is 1.00 bits per heavy atom. The fourth-order valence-electron chi connectivity index (χ4n) is 5.68. The van der Waals surface area contributed by atoms with Crippen molar-refractivity contribution in [2.45, 2.75) is 38.0 Å². The third kappa shape index (κ3) is 4.75. The van der Waals surface area contributed by atoms with Gasteiger partial charge in [0.15, 0.2) is 0 Å². The molecule has 2 N–H and O–H groups in total. The number of amides is 1. The molecule has 5 aromatic rings. The van der Waals surface area contributed by atoms with E-state index in [0.29, 0.717) is 35.1 Å². The number of hydrogen-bond acceptors (Lipinski definition) is 6. The number of rotatable bonds is 4. The molecule has 5 heterocycles. The first kappa shape index (κ1) is 25.4. The summed E-state index contributed by atoms with van der Waals surface area (Å²) in [6, 6.07) is 11.9. The van der Waals surface area contributed by atoms with E-state index in [-0.39, 0.29) is 13.1 Å². The van der Waals surface area contributed by atoms with Crippen LogP contribution in [-0.2, 0) is 17.8 Å². The van der Waals surface area contributed by atoms with Crippen molar-refractivity contribution in [3.05, 3.63) is 66.1 Å². The number of nitrogens with zero attached hydrogens (tertiary/aromatic N) is 7. The van der Waals surface area contributed by atoms with Crippen LogP contribution in [0.1, 0.15) is 30.0 Å². The van der Waals surface area contributed by atoms with Crippen molar-refractivity contribution >= 4 is 16.8 Å². The van der Waals surface area contributed by atoms with Crippen molar-refractivity contribution in [3.8, 4) is 28.2 Å². The van der Waals surface area contributed by atoms with Gasteiger partial charge < -0.3 is 10.2 Å². The normalized spacial score (nSPS) is 16.3. The first-order chi connectivity index (χ1) is 19.8. The molecule has 0 atom stereocenters. The van der Waals surface area contributed by atoms with Crippen LogP contribution < -0.4 is 5.32 Å². The minimum atomic E-state index is -4.89. The molecule has 0 unspecified atom stereocenters. The highest BCUT2D eigenvalue weighted by Crippen LogP contribution is 2.31. The Morgan fingerprint density at radius 3 is 2.68 bits per heavy atom. The molecule has 210 valence electrons. The highest BCUT2D eigenvalue weighted by Gasteiger charge is 2.43. The molecule has 10 nitrogen and oxygen atoms in total. The van der Waals surface area contributed by atoms with E-state index in [9.17, 15) is 18.0 Å². The molecule has 7 rings (SSSR count). The van der Waals surface area contributed by atoms with Crippen LogP contribution in [0.15, 0.2) is 55.0 Å². The molecule has 0 radical (unpaired) electrons. The predicted molar refractivity (Wildman–Crippen MR) is 144 cm³/mol. The fourth-order valence-corrected chi connectivity index (χ4v) is 5.68. The molecule has 0 saturated carbocycles. The molecule has 41 heavy (non-hydrogen) atoms. The number of piperidine rings is 1. The lowest BCUT2D eigenvalue weighted by Crippen LogP contribution is -2.43. The Bertz CT molecular complexity index is 1750. The maximum Gasteiger partial charge on any atom is 0.471 e. The number of fused-ring (bicyclic) bond motifs is 2. The topological polar surface area (TPSA) is 110 Å². The number of H-pyrrole nitrogens is 1. The van der Waals surface area contributed by atoms with Gasteiger partial charge in [-0.3, -0.25) is 14.6 Å². The lowest BCUT2D eigenvalue weighted by molar-refractivity contribution is -0.186. The fraction of sp³-hybridized carbons (Fsp3) is 0.321. The van der Waals surface area contributed by atoms with Crippen LogP contribution in [0.3, 0.4) is 0 Å². The van der Waals surface area contributed by atoms with Gasteiger partial charge in [-0.15, -0.1) is 5.10 Å². The SMILES string of the molecule is O=C(N1CCc2ccc(-n3cc(-c4n[nH]c5ccc(-c6cnn(C7CCNCC7)c6)cc45)nn3)cc2C1)C(F)(F)F. The van der Waals surface area contributed by atoms with Crippen molar-refractivity contribution in [3.63, 3.8) is 0 Å². The minimum absolute atomic E-state index is 0.0330. The predicted octanol–water partition coefficient (Wildman–Crippen LogP) is 4.05. The standard InChI is InChI=1S/C28H26F3N9O/c29-28(30,31)27(41)38-10-7-17-1-3-22(11-19(17)14-38)40-16-25(35-37-40)26-23-12-18(2-4-24(23)34-36-26)20-13-33-39(15-20)21-5-8-32-9-6-21/h1-4,11-13,15-16,21,32H,5-10,14H2,(H,34,36). The highest BCUT2D eigenvalue weighted by molar-refractivity contribution is 5.94. The van der Waals surface area contributed by atoms with Crippen LogP contribution in [-0.4, -0.2) is 71.6 Å². The number of alkyl halides is 3. The number of benzene rings is 2. The Labute approximate surface area is 232 Å². The molecule has 13 heteroatoms. The molecule has 0 bridgehead atoms. The first-order valence-corrected chi connectivity index (χ1v) is 13.5. The van der Waals surface area contributed by atoms with Crippen LogP contribution in [0.5, 0.6) is 0 Å². The zero-order chi connectivity index (χ0) is 28.1. The second-order valence-corrected chi connectivity index (χ2v) is 10.5. The average Bonchev–Trinajstić information content (AvgIpc) is 3.75. The zero-order valence-corrected chi connectivity index (χ0v) is 21.9. The summed E-state index contributed by atoms with van der Waals surface area (Å²) in [5, 5.41) is 25.0. The van der Waals surface area contributed by atoms with Crippen molar-refractivity contribution in [1.29, 1.82) is 0 Å². The van der Waals surface area contributed by atoms with Crippen molar-refractivity contribution in [1.82, 2.24) is 45.2 Å². The van der Waals surface area contributed by atoms with Gasteiger partial charge in [0.25, 0.3) is 0 Å². The van der Waals surface area contributed by atoms with Gasteiger partial charge in [-0.1, -0.05) is 17.3 Å². The van der Waals surface area contributed by atoms with E-state index in [1.165, 1.54) is 0 Å². The average molecular weight is 562 g/mol. The molecule has 1 saturated heterocycles. The van der Waals surface area contributed by atoms with Crippen molar-refractivity contribution in [2.75, 3.05) is 19.6 Å². The lowest BCUT2D eigenvalue weighted by atomic mass is 9.99. The molecule has 1 amide bonds. The van der Waals surface area contributed by atoms with Gasteiger partial charge in [-0.05, 0) is 73.3 Å². The summed E-state index contributed by atoms with van der Waals surface area (Å²) >= 11 is 0. The van der Waals surface area contributed by atoms with Gasteiger partial charge >= 0.3 is 12.1 Å². The number of nitrogens with one attached hydrogen (secondary N) is 2. The number of hydrogen-bond donors (Lipinski definition) is 2. The third-order valence-electron chi connectivity index (χ3n) is 7.91. The van der Waals surface area contributed by atoms with Crippen LogP contribution in [0.4, 0.5) is 13.2 Å². The summed E-state index contributed by atoms with van der Waals surface area (Å²) in [7, 11) is 0. The van der Waals surface area contributed by atoms with Crippen molar-refractivity contribution < 1.29 is 18.0 Å². The Balaban J connectivity index is 1.15. The second kappa shape index (κ2) is 9.84. The summed E-state index contributed by atoms with van der Waals surface area (Å²) in [6.07, 6.45) is 3.28. The summed E-state index contributed by atoms with van der Waals surface area (Å²) in [4.78, 5) is 12.6. The van der Waals surface area contributed by atoms with Crippen LogP contribution >= 0.6 is 0 Å². The van der Waals surface area contributed by atoms with Gasteiger partial charge in [-0.25, -0.2) is 4.68 Å². The van der Waals surface area contributed by atoms with Gasteiger partial charge in [-0.2, -0.15) is 23.4 Å². The highest BCUT2D eigenvalue weighted by atomic mass is 19.4. The van der Waals surface area contributed by atoms with E-state index >= 15 is 0 Å². The summed E-state index contributed by atoms with van der Waals surface area (Å²) < 4.78 is 42.5.